The molecule has 8 heteroatoms. The minimum atomic E-state index is -0.839. The number of rotatable bonds is 5. The van der Waals surface area contributed by atoms with Crippen LogP contribution >= 0.6 is 15.9 Å². The molecule has 2 aliphatic rings. The molecule has 0 aromatic heterocycles. The Morgan fingerprint density at radius 2 is 1.87 bits per heavy atom. The lowest BCUT2D eigenvalue weighted by Gasteiger charge is -2.32. The van der Waals surface area contributed by atoms with Gasteiger partial charge in [0, 0.05) is 48.8 Å². The Morgan fingerprint density at radius 1 is 1.10 bits per heavy atom. The third-order valence-electron chi connectivity index (χ3n) is 5.94. The fourth-order valence-electron chi connectivity index (χ4n) is 4.23. The Morgan fingerprint density at radius 3 is 2.58 bits per heavy atom. The summed E-state index contributed by atoms with van der Waals surface area (Å²) in [7, 11) is 0. The summed E-state index contributed by atoms with van der Waals surface area (Å²) in [5.41, 5.74) is 1.53. The first-order valence-electron chi connectivity index (χ1n) is 10.4. The van der Waals surface area contributed by atoms with Crippen molar-refractivity contribution in [3.8, 4) is 0 Å². The van der Waals surface area contributed by atoms with Gasteiger partial charge in [-0.15, -0.1) is 0 Å². The Bertz CT molecular complexity index is 979. The number of carbonyl (C=O) groups excluding carboxylic acids is 2. The maximum absolute atomic E-state index is 13.4. The van der Waals surface area contributed by atoms with Crippen molar-refractivity contribution >= 4 is 33.4 Å². The van der Waals surface area contributed by atoms with Gasteiger partial charge in [-0.1, -0.05) is 28.1 Å². The van der Waals surface area contributed by atoms with Crippen LogP contribution < -0.4 is 10.2 Å². The summed E-state index contributed by atoms with van der Waals surface area (Å²) < 4.78 is 27.4. The smallest absolute Gasteiger partial charge is 0.227 e. The van der Waals surface area contributed by atoms with Gasteiger partial charge in [0.15, 0.2) is 11.6 Å². The van der Waals surface area contributed by atoms with E-state index in [1.165, 1.54) is 6.07 Å². The summed E-state index contributed by atoms with van der Waals surface area (Å²) in [5, 5.41) is 3.10. The minimum Gasteiger partial charge on any atom is -0.353 e. The van der Waals surface area contributed by atoms with Crippen molar-refractivity contribution in [1.82, 2.24) is 10.2 Å². The number of amides is 2. The highest BCUT2D eigenvalue weighted by Crippen LogP contribution is 2.27. The predicted molar refractivity (Wildman–Crippen MR) is 117 cm³/mol. The molecular weight excluding hydrogens is 468 g/mol. The Kier molecular flexibility index (Phi) is 6.67. The summed E-state index contributed by atoms with van der Waals surface area (Å²) >= 11 is 3.41. The maximum atomic E-state index is 13.4. The first-order chi connectivity index (χ1) is 14.9. The molecule has 164 valence electrons. The predicted octanol–water partition coefficient (Wildman–Crippen LogP) is 3.86. The summed E-state index contributed by atoms with van der Waals surface area (Å²) in [5.74, 6) is -2.15. The van der Waals surface area contributed by atoms with Crippen molar-refractivity contribution in [3.63, 3.8) is 0 Å². The van der Waals surface area contributed by atoms with E-state index in [0.717, 1.165) is 47.7 Å². The lowest BCUT2D eigenvalue weighted by atomic mass is 10.0. The number of hydrogen-bond donors (Lipinski definition) is 1. The third-order valence-corrected chi connectivity index (χ3v) is 6.43. The summed E-state index contributed by atoms with van der Waals surface area (Å²) in [4.78, 5) is 29.0. The van der Waals surface area contributed by atoms with Crippen LogP contribution in [0.2, 0.25) is 0 Å². The highest BCUT2D eigenvalue weighted by atomic mass is 79.9. The first kappa shape index (κ1) is 21.9. The van der Waals surface area contributed by atoms with E-state index < -0.39 is 11.6 Å². The molecule has 0 saturated carbocycles. The van der Waals surface area contributed by atoms with E-state index in [2.05, 4.69) is 26.1 Å². The number of nitrogens with zero attached hydrogens (tertiary/aromatic N) is 2. The fraction of sp³-hybridized carbons (Fsp3) is 0.391. The second-order valence-electron chi connectivity index (χ2n) is 8.19. The van der Waals surface area contributed by atoms with Gasteiger partial charge < -0.3 is 10.2 Å². The second-order valence-corrected chi connectivity index (χ2v) is 9.11. The van der Waals surface area contributed by atoms with E-state index >= 15 is 0 Å². The Hall–Kier alpha value is -2.32. The number of benzene rings is 2. The summed E-state index contributed by atoms with van der Waals surface area (Å²) in [6.07, 6.45) is 1.78. The van der Waals surface area contributed by atoms with Crippen LogP contribution in [0.1, 0.15) is 24.8 Å². The van der Waals surface area contributed by atoms with Gasteiger partial charge in [0.25, 0.3) is 0 Å². The molecule has 2 aromatic carbocycles. The van der Waals surface area contributed by atoms with Gasteiger partial charge >= 0.3 is 0 Å². The molecule has 4 rings (SSSR count). The summed E-state index contributed by atoms with van der Waals surface area (Å²) in [6, 6.07) is 11.5. The molecule has 0 bridgehead atoms. The van der Waals surface area contributed by atoms with Crippen molar-refractivity contribution in [2.24, 2.45) is 5.92 Å². The molecule has 2 amide bonds. The second kappa shape index (κ2) is 9.44. The number of anilines is 1. The molecule has 5 nitrogen and oxygen atoms in total. The standard InChI is InChI=1S/C23H24BrF2N3O2/c24-17-2-1-3-19(12-17)29-14-16(11-22(29)30)23(31)27-18-6-8-28(9-7-18)13-15-4-5-20(25)21(26)10-15/h1-5,10,12,16,18H,6-9,11,13-14H2,(H,27,31). The van der Waals surface area contributed by atoms with E-state index in [-0.39, 0.29) is 30.2 Å². The van der Waals surface area contributed by atoms with Gasteiger partial charge in [0.05, 0.1) is 5.92 Å². The zero-order valence-electron chi connectivity index (χ0n) is 17.0. The van der Waals surface area contributed by atoms with Crippen molar-refractivity contribution in [2.45, 2.75) is 31.8 Å². The molecule has 2 saturated heterocycles. The SMILES string of the molecule is O=C(NC1CCN(Cc2ccc(F)c(F)c2)CC1)C1CC(=O)N(c2cccc(Br)c2)C1. The summed E-state index contributed by atoms with van der Waals surface area (Å²) in [6.45, 7) is 2.46. The quantitative estimate of drug-likeness (QED) is 0.690. The average molecular weight is 492 g/mol. The molecule has 1 unspecified atom stereocenters. The van der Waals surface area contributed by atoms with Crippen molar-refractivity contribution in [2.75, 3.05) is 24.5 Å². The van der Waals surface area contributed by atoms with E-state index in [9.17, 15) is 18.4 Å². The molecule has 0 spiro atoms. The van der Waals surface area contributed by atoms with Crippen LogP contribution in [0.4, 0.5) is 14.5 Å². The number of carbonyl (C=O) groups is 2. The Labute approximate surface area is 188 Å². The molecule has 1 N–H and O–H groups in total. The third kappa shape index (κ3) is 5.30. The van der Waals surface area contributed by atoms with E-state index in [4.69, 9.17) is 0 Å². The highest BCUT2D eigenvalue weighted by Gasteiger charge is 2.36. The van der Waals surface area contributed by atoms with Crippen LogP contribution in [0.25, 0.3) is 0 Å². The van der Waals surface area contributed by atoms with Gasteiger partial charge in [-0.25, -0.2) is 8.78 Å². The van der Waals surface area contributed by atoms with Crippen LogP contribution in [0, 0.1) is 17.6 Å². The van der Waals surface area contributed by atoms with Crippen LogP contribution in [0.15, 0.2) is 46.9 Å². The minimum absolute atomic E-state index is 0.0420. The first-order valence-corrected chi connectivity index (χ1v) is 11.2. The fourth-order valence-corrected chi connectivity index (χ4v) is 4.61. The lowest BCUT2D eigenvalue weighted by Crippen LogP contribution is -2.46. The largest absolute Gasteiger partial charge is 0.353 e. The molecular formula is C23H24BrF2N3O2. The monoisotopic (exact) mass is 491 g/mol. The number of hydrogen-bond acceptors (Lipinski definition) is 3. The molecule has 2 fully saturated rings. The van der Waals surface area contributed by atoms with Crippen molar-refractivity contribution in [3.05, 3.63) is 64.1 Å². The number of likely N-dealkylation sites (tertiary alicyclic amines) is 1. The average Bonchev–Trinajstić information content (AvgIpc) is 3.14. The van der Waals surface area contributed by atoms with Crippen LogP contribution in [-0.4, -0.2) is 42.4 Å². The number of halogens is 3. The normalized spacial score (nSPS) is 20.3. The molecule has 0 radical (unpaired) electrons. The van der Waals surface area contributed by atoms with Crippen LogP contribution in [0.5, 0.6) is 0 Å². The maximum Gasteiger partial charge on any atom is 0.227 e. The Balaban J connectivity index is 1.26. The zero-order chi connectivity index (χ0) is 22.0. The number of piperidine rings is 1. The van der Waals surface area contributed by atoms with Gasteiger partial charge in [-0.2, -0.15) is 0 Å². The number of nitrogens with one attached hydrogen (secondary N) is 1. The molecule has 0 aliphatic carbocycles. The van der Waals surface area contributed by atoms with Gasteiger partial charge in [-0.3, -0.25) is 14.5 Å². The highest BCUT2D eigenvalue weighted by molar-refractivity contribution is 9.10. The van der Waals surface area contributed by atoms with Gasteiger partial charge in [0.2, 0.25) is 11.8 Å². The zero-order valence-corrected chi connectivity index (χ0v) is 18.6. The molecule has 1 atom stereocenters. The van der Waals surface area contributed by atoms with E-state index in [1.807, 2.05) is 24.3 Å². The van der Waals surface area contributed by atoms with Crippen LogP contribution in [-0.2, 0) is 16.1 Å². The topological polar surface area (TPSA) is 52.7 Å². The van der Waals surface area contributed by atoms with E-state index in [0.29, 0.717) is 13.1 Å². The molecule has 31 heavy (non-hydrogen) atoms. The van der Waals surface area contributed by atoms with Crippen molar-refractivity contribution in [1.29, 1.82) is 0 Å². The van der Waals surface area contributed by atoms with Crippen molar-refractivity contribution < 1.29 is 18.4 Å². The van der Waals surface area contributed by atoms with Crippen LogP contribution in [0.3, 0.4) is 0 Å². The van der Waals surface area contributed by atoms with Gasteiger partial charge in [0.1, 0.15) is 0 Å². The molecule has 2 aliphatic heterocycles. The molecule has 2 heterocycles. The molecule has 2 aromatic rings. The van der Waals surface area contributed by atoms with E-state index in [1.54, 1.807) is 11.0 Å². The lowest BCUT2D eigenvalue weighted by molar-refractivity contribution is -0.127. The van der Waals surface area contributed by atoms with Gasteiger partial charge in [-0.05, 0) is 48.7 Å².